The molecule has 6 atom stereocenters. The van der Waals surface area contributed by atoms with Crippen molar-refractivity contribution in [3.63, 3.8) is 0 Å². The Morgan fingerprint density at radius 2 is 1.67 bits per heavy atom. The molecule has 0 radical (unpaired) electrons. The molecule has 7 heteroatoms. The number of amides is 3. The Kier molecular flexibility index (Phi) is 7.79. The molecule has 3 N–H and O–H groups in total. The second-order valence-corrected chi connectivity index (χ2v) is 10.5. The van der Waals surface area contributed by atoms with E-state index in [9.17, 15) is 19.5 Å². The number of aliphatic hydroxyl groups is 1. The number of carbonyl (C=O) groups excluding carboxylic acids is 3. The Hall–Kier alpha value is -3.97. The van der Waals surface area contributed by atoms with Crippen LogP contribution < -0.4 is 10.6 Å². The van der Waals surface area contributed by atoms with Gasteiger partial charge in [-0.15, -0.1) is 0 Å². The number of nitrogens with one attached hydrogen (secondary N) is 2. The highest BCUT2D eigenvalue weighted by atomic mass is 16.3. The van der Waals surface area contributed by atoms with Crippen LogP contribution in [0.2, 0.25) is 0 Å². The van der Waals surface area contributed by atoms with Gasteiger partial charge in [0.15, 0.2) is 0 Å². The van der Waals surface area contributed by atoms with E-state index < -0.39 is 29.8 Å². The summed E-state index contributed by atoms with van der Waals surface area (Å²) in [5.41, 5.74) is 1.59. The molecule has 1 saturated heterocycles. The van der Waals surface area contributed by atoms with Crippen LogP contribution in [0.4, 0.5) is 5.69 Å². The maximum absolute atomic E-state index is 14.2. The number of rotatable bonds is 8. The van der Waals surface area contributed by atoms with Gasteiger partial charge in [-0.05, 0) is 47.2 Å². The van der Waals surface area contributed by atoms with E-state index in [-0.39, 0.29) is 30.2 Å². The third-order valence-corrected chi connectivity index (χ3v) is 8.27. The van der Waals surface area contributed by atoms with Crippen LogP contribution in [-0.4, -0.2) is 53.5 Å². The highest BCUT2D eigenvalue weighted by Crippen LogP contribution is 2.46. The van der Waals surface area contributed by atoms with E-state index in [0.717, 1.165) is 16.3 Å². The topological polar surface area (TPSA) is 98.7 Å². The van der Waals surface area contributed by atoms with Gasteiger partial charge in [0, 0.05) is 18.7 Å². The molecule has 3 aromatic carbocycles. The van der Waals surface area contributed by atoms with Crippen molar-refractivity contribution in [2.75, 3.05) is 19.0 Å². The quantitative estimate of drug-likeness (QED) is 0.390. The summed E-state index contributed by atoms with van der Waals surface area (Å²) in [5, 5.41) is 18.3. The summed E-state index contributed by atoms with van der Waals surface area (Å²) < 4.78 is 0. The second kappa shape index (κ2) is 11.4. The zero-order chi connectivity index (χ0) is 27.5. The van der Waals surface area contributed by atoms with Crippen molar-refractivity contribution < 1.29 is 19.5 Å². The molecule has 5 rings (SSSR count). The fourth-order valence-corrected chi connectivity index (χ4v) is 6.37. The van der Waals surface area contributed by atoms with E-state index in [0.29, 0.717) is 18.5 Å². The average molecular weight is 526 g/mol. The average Bonchev–Trinajstić information content (AvgIpc) is 3.27. The van der Waals surface area contributed by atoms with Gasteiger partial charge in [-0.25, -0.2) is 0 Å². The van der Waals surface area contributed by atoms with Crippen molar-refractivity contribution in [3.05, 3.63) is 90.5 Å². The largest absolute Gasteiger partial charge is 0.394 e. The number of allylic oxidation sites excluding steroid dienone is 1. The number of nitrogens with zero attached hydrogens (tertiary/aromatic N) is 1. The molecular formula is C32H35N3O4. The molecular weight excluding hydrogens is 490 g/mol. The predicted octanol–water partition coefficient (Wildman–Crippen LogP) is 3.78. The van der Waals surface area contributed by atoms with Crippen LogP contribution in [0, 0.1) is 23.7 Å². The molecule has 2 aliphatic rings. The number of anilines is 1. The van der Waals surface area contributed by atoms with Crippen molar-refractivity contribution in [1.82, 2.24) is 10.2 Å². The second-order valence-electron chi connectivity index (χ2n) is 10.5. The van der Waals surface area contributed by atoms with Crippen LogP contribution in [0.15, 0.2) is 84.9 Å². The van der Waals surface area contributed by atoms with E-state index in [1.807, 2.05) is 91.9 Å². The van der Waals surface area contributed by atoms with Gasteiger partial charge in [0.05, 0.1) is 24.5 Å². The minimum atomic E-state index is -0.865. The molecule has 3 aromatic rings. The first-order chi connectivity index (χ1) is 19.0. The minimum absolute atomic E-state index is 0.110. The van der Waals surface area contributed by atoms with Crippen LogP contribution in [0.25, 0.3) is 10.8 Å². The molecule has 0 spiro atoms. The van der Waals surface area contributed by atoms with Crippen LogP contribution >= 0.6 is 0 Å². The van der Waals surface area contributed by atoms with Crippen molar-refractivity contribution >= 4 is 34.2 Å². The fourth-order valence-electron chi connectivity index (χ4n) is 6.37. The Bertz CT molecular complexity index is 1390. The van der Waals surface area contributed by atoms with Gasteiger partial charge in [-0.3, -0.25) is 14.4 Å². The van der Waals surface area contributed by atoms with Gasteiger partial charge in [0.2, 0.25) is 17.7 Å². The van der Waals surface area contributed by atoms with E-state index in [1.165, 1.54) is 0 Å². The molecule has 0 saturated carbocycles. The SMILES string of the molecule is CC[C@@H]1C=C[C@H]2[C@@H](C(=O)N([C@@H](CO)Cc3ccccc3)[C@@H]2C(=O)Nc2ccc3ccccc3c2)[C@@H]1C(=O)NC. The lowest BCUT2D eigenvalue weighted by Crippen LogP contribution is -2.51. The molecule has 1 aliphatic carbocycles. The Balaban J connectivity index is 1.53. The molecule has 7 nitrogen and oxygen atoms in total. The zero-order valence-corrected chi connectivity index (χ0v) is 22.3. The molecule has 0 aromatic heterocycles. The number of aliphatic hydroxyl groups excluding tert-OH is 1. The number of fused-ring (bicyclic) bond motifs is 2. The number of carbonyl (C=O) groups is 3. The summed E-state index contributed by atoms with van der Waals surface area (Å²) in [6, 6.07) is 21.8. The number of hydrogen-bond acceptors (Lipinski definition) is 4. The highest BCUT2D eigenvalue weighted by molar-refractivity contribution is 6.03. The highest BCUT2D eigenvalue weighted by Gasteiger charge is 2.58. The molecule has 1 fully saturated rings. The number of hydrogen-bond donors (Lipinski definition) is 3. The minimum Gasteiger partial charge on any atom is -0.394 e. The standard InChI is InChI=1S/C32H35N3O4/c1-3-21-14-16-26-28(27(21)30(37)33-2)32(39)35(25(19-36)17-20-9-5-4-6-10-20)29(26)31(38)34-24-15-13-22-11-7-8-12-23(22)18-24/h4-16,18,21,25-29,36H,3,17,19H2,1-2H3,(H,33,37)(H,34,38)/t21-,25-,26+,27-,28-,29+/m1/s1. The first kappa shape index (κ1) is 26.6. The molecule has 0 unspecified atom stereocenters. The smallest absolute Gasteiger partial charge is 0.247 e. The van der Waals surface area contributed by atoms with Crippen LogP contribution in [0.1, 0.15) is 18.9 Å². The fraction of sp³-hybridized carbons (Fsp3) is 0.344. The summed E-state index contributed by atoms with van der Waals surface area (Å²) in [5.74, 6) is -2.66. The van der Waals surface area contributed by atoms with E-state index in [1.54, 1.807) is 11.9 Å². The lowest BCUT2D eigenvalue weighted by atomic mass is 9.69. The molecule has 202 valence electrons. The van der Waals surface area contributed by atoms with Crippen molar-refractivity contribution in [2.45, 2.75) is 31.8 Å². The lowest BCUT2D eigenvalue weighted by Gasteiger charge is -2.34. The molecule has 39 heavy (non-hydrogen) atoms. The van der Waals surface area contributed by atoms with Crippen molar-refractivity contribution in [3.8, 4) is 0 Å². The molecule has 1 aliphatic heterocycles. The molecule has 1 heterocycles. The van der Waals surface area contributed by atoms with Gasteiger partial charge in [-0.2, -0.15) is 0 Å². The summed E-state index contributed by atoms with van der Waals surface area (Å²) in [7, 11) is 1.58. The monoisotopic (exact) mass is 525 g/mol. The molecule has 3 amide bonds. The molecule has 0 bridgehead atoms. The Morgan fingerprint density at radius 1 is 0.949 bits per heavy atom. The Labute approximate surface area is 228 Å². The van der Waals surface area contributed by atoms with Crippen molar-refractivity contribution in [2.24, 2.45) is 23.7 Å². The summed E-state index contributed by atoms with van der Waals surface area (Å²) in [6.45, 7) is 1.70. The third kappa shape index (κ3) is 5.06. The number of benzene rings is 3. The van der Waals surface area contributed by atoms with Crippen LogP contribution in [0.3, 0.4) is 0 Å². The van der Waals surface area contributed by atoms with E-state index in [2.05, 4.69) is 10.6 Å². The summed E-state index contributed by atoms with van der Waals surface area (Å²) in [6.07, 6.45) is 5.03. The first-order valence-corrected chi connectivity index (χ1v) is 13.6. The third-order valence-electron chi connectivity index (χ3n) is 8.27. The van der Waals surface area contributed by atoms with E-state index in [4.69, 9.17) is 0 Å². The maximum Gasteiger partial charge on any atom is 0.247 e. The first-order valence-electron chi connectivity index (χ1n) is 13.6. The van der Waals surface area contributed by atoms with Crippen LogP contribution in [0.5, 0.6) is 0 Å². The van der Waals surface area contributed by atoms with Gasteiger partial charge in [0.25, 0.3) is 0 Å². The van der Waals surface area contributed by atoms with Gasteiger partial charge in [-0.1, -0.05) is 79.7 Å². The van der Waals surface area contributed by atoms with Gasteiger partial charge in [0.1, 0.15) is 6.04 Å². The lowest BCUT2D eigenvalue weighted by molar-refractivity contribution is -0.142. The zero-order valence-electron chi connectivity index (χ0n) is 22.3. The van der Waals surface area contributed by atoms with Crippen molar-refractivity contribution in [1.29, 1.82) is 0 Å². The van der Waals surface area contributed by atoms with E-state index >= 15 is 0 Å². The van der Waals surface area contributed by atoms with Gasteiger partial charge >= 0.3 is 0 Å². The van der Waals surface area contributed by atoms with Gasteiger partial charge < -0.3 is 20.6 Å². The maximum atomic E-state index is 14.2. The van der Waals surface area contributed by atoms with Crippen LogP contribution in [-0.2, 0) is 20.8 Å². The summed E-state index contributed by atoms with van der Waals surface area (Å²) >= 11 is 0. The normalized spacial score (nSPS) is 24.8. The number of likely N-dealkylation sites (tertiary alicyclic amines) is 1. The summed E-state index contributed by atoms with van der Waals surface area (Å²) in [4.78, 5) is 42.8. The predicted molar refractivity (Wildman–Crippen MR) is 152 cm³/mol. The Morgan fingerprint density at radius 3 is 2.36 bits per heavy atom.